The molecule has 1 aromatic heterocycles. The third-order valence-electron chi connectivity index (χ3n) is 3.65. The Kier molecular flexibility index (Phi) is 3.11. The van der Waals surface area contributed by atoms with Crippen LogP contribution in [0.3, 0.4) is 0 Å². The number of aryl methyl sites for hydroxylation is 1. The standard InChI is InChI=1S/C17H17N2O/c1-13(20)19-16-11-7-6-10-15(16)18(2)17(19)12-14-8-4-3-5-9-14/h3-11H,12H2,1-2H3/q+1. The van der Waals surface area contributed by atoms with Gasteiger partial charge in [-0.05, 0) is 17.7 Å². The molecule has 100 valence electrons. The van der Waals surface area contributed by atoms with Gasteiger partial charge in [-0.2, -0.15) is 4.57 Å². The van der Waals surface area contributed by atoms with E-state index >= 15 is 0 Å². The normalized spacial score (nSPS) is 10.9. The Morgan fingerprint density at radius 2 is 1.70 bits per heavy atom. The smallest absolute Gasteiger partial charge is 0.247 e. The van der Waals surface area contributed by atoms with Gasteiger partial charge < -0.3 is 0 Å². The highest BCUT2D eigenvalue weighted by molar-refractivity contribution is 5.88. The minimum atomic E-state index is 0.0488. The summed E-state index contributed by atoms with van der Waals surface area (Å²) in [5.74, 6) is 1.05. The fraction of sp³-hybridized carbons (Fsp3) is 0.176. The van der Waals surface area contributed by atoms with Crippen molar-refractivity contribution in [3.8, 4) is 0 Å². The van der Waals surface area contributed by atoms with Crippen molar-refractivity contribution in [3.05, 3.63) is 66.0 Å². The summed E-state index contributed by atoms with van der Waals surface area (Å²) in [5.41, 5.74) is 3.25. The van der Waals surface area contributed by atoms with E-state index < -0.39 is 0 Å². The van der Waals surface area contributed by atoms with Crippen molar-refractivity contribution >= 4 is 16.9 Å². The van der Waals surface area contributed by atoms with Crippen LogP contribution in [-0.4, -0.2) is 10.5 Å². The second-order valence-electron chi connectivity index (χ2n) is 4.98. The van der Waals surface area contributed by atoms with Gasteiger partial charge in [0.1, 0.15) is 0 Å². The molecule has 0 fully saturated rings. The lowest BCUT2D eigenvalue weighted by Crippen LogP contribution is -2.34. The van der Waals surface area contributed by atoms with Gasteiger partial charge in [-0.1, -0.05) is 42.5 Å². The summed E-state index contributed by atoms with van der Waals surface area (Å²) < 4.78 is 3.91. The van der Waals surface area contributed by atoms with E-state index in [1.165, 1.54) is 5.56 Å². The molecule has 3 rings (SSSR count). The van der Waals surface area contributed by atoms with Crippen molar-refractivity contribution in [3.63, 3.8) is 0 Å². The number of para-hydroxylation sites is 2. The molecule has 20 heavy (non-hydrogen) atoms. The topological polar surface area (TPSA) is 25.9 Å². The van der Waals surface area contributed by atoms with Crippen LogP contribution in [0.25, 0.3) is 11.0 Å². The monoisotopic (exact) mass is 265 g/mol. The summed E-state index contributed by atoms with van der Waals surface area (Å²) >= 11 is 0. The Bertz CT molecular complexity index is 772. The molecule has 0 unspecified atom stereocenters. The number of rotatable bonds is 2. The van der Waals surface area contributed by atoms with Gasteiger partial charge in [-0.3, -0.25) is 0 Å². The molecule has 0 radical (unpaired) electrons. The number of aromatic nitrogens is 2. The Balaban J connectivity index is 2.21. The summed E-state index contributed by atoms with van der Waals surface area (Å²) in [6, 6.07) is 18.2. The van der Waals surface area contributed by atoms with Crippen molar-refractivity contribution in [2.24, 2.45) is 7.05 Å². The Morgan fingerprint density at radius 1 is 1.05 bits per heavy atom. The lowest BCUT2D eigenvalue weighted by molar-refractivity contribution is -0.653. The summed E-state index contributed by atoms with van der Waals surface area (Å²) in [6.07, 6.45) is 0.742. The molecule has 0 saturated heterocycles. The third kappa shape index (κ3) is 2.01. The predicted molar refractivity (Wildman–Crippen MR) is 78.7 cm³/mol. The average Bonchev–Trinajstić information content (AvgIpc) is 2.74. The average molecular weight is 265 g/mol. The van der Waals surface area contributed by atoms with Crippen LogP contribution in [0.4, 0.5) is 0 Å². The molecule has 0 aliphatic carbocycles. The summed E-state index contributed by atoms with van der Waals surface area (Å²) in [5, 5.41) is 0. The number of carbonyl (C=O) groups excluding carboxylic acids is 1. The highest BCUT2D eigenvalue weighted by Gasteiger charge is 2.25. The zero-order chi connectivity index (χ0) is 14.1. The van der Waals surface area contributed by atoms with Gasteiger partial charge in [0.05, 0.1) is 13.5 Å². The Labute approximate surface area is 118 Å². The third-order valence-corrected chi connectivity index (χ3v) is 3.65. The number of imidazole rings is 1. The molecule has 3 aromatic rings. The number of hydrogen-bond donors (Lipinski definition) is 0. The van der Waals surface area contributed by atoms with Gasteiger partial charge in [0.25, 0.3) is 5.82 Å². The van der Waals surface area contributed by atoms with E-state index in [2.05, 4.69) is 16.7 Å². The van der Waals surface area contributed by atoms with Gasteiger partial charge in [-0.25, -0.2) is 9.36 Å². The molecule has 0 bridgehead atoms. The number of carbonyl (C=O) groups is 1. The van der Waals surface area contributed by atoms with E-state index in [0.717, 1.165) is 23.3 Å². The summed E-state index contributed by atoms with van der Waals surface area (Å²) in [6.45, 7) is 1.61. The minimum Gasteiger partial charge on any atom is -0.247 e. The van der Waals surface area contributed by atoms with E-state index in [1.54, 1.807) is 6.92 Å². The maximum absolute atomic E-state index is 12.0. The van der Waals surface area contributed by atoms with Gasteiger partial charge >= 0.3 is 5.91 Å². The van der Waals surface area contributed by atoms with Crippen molar-refractivity contribution in [1.29, 1.82) is 0 Å². The zero-order valence-electron chi connectivity index (χ0n) is 11.7. The molecule has 0 atom stereocenters. The van der Waals surface area contributed by atoms with Crippen LogP contribution in [-0.2, 0) is 13.5 Å². The lowest BCUT2D eigenvalue weighted by atomic mass is 10.1. The molecule has 0 spiro atoms. The molecular weight excluding hydrogens is 248 g/mol. The fourth-order valence-corrected chi connectivity index (χ4v) is 2.69. The largest absolute Gasteiger partial charge is 0.311 e. The molecule has 3 heteroatoms. The molecule has 0 amide bonds. The minimum absolute atomic E-state index is 0.0488. The highest BCUT2D eigenvalue weighted by Crippen LogP contribution is 2.16. The molecule has 0 saturated carbocycles. The van der Waals surface area contributed by atoms with Gasteiger partial charge in [0.2, 0.25) is 0 Å². The Morgan fingerprint density at radius 3 is 2.40 bits per heavy atom. The first-order valence-electron chi connectivity index (χ1n) is 6.71. The zero-order valence-corrected chi connectivity index (χ0v) is 11.7. The molecule has 0 aliphatic heterocycles. The SMILES string of the molecule is CC(=O)n1c(Cc2ccccc2)[n+](C)c2ccccc21. The lowest BCUT2D eigenvalue weighted by Gasteiger charge is -2.00. The molecule has 0 N–H and O–H groups in total. The van der Waals surface area contributed by atoms with Gasteiger partial charge in [0, 0.05) is 6.92 Å². The summed E-state index contributed by atoms with van der Waals surface area (Å²) in [4.78, 5) is 12.0. The number of fused-ring (bicyclic) bond motifs is 1. The first kappa shape index (κ1) is 12.6. The van der Waals surface area contributed by atoms with Gasteiger partial charge in [-0.15, -0.1) is 0 Å². The van der Waals surface area contributed by atoms with Crippen LogP contribution in [0.2, 0.25) is 0 Å². The first-order chi connectivity index (χ1) is 9.68. The van der Waals surface area contributed by atoms with Crippen LogP contribution in [0.1, 0.15) is 23.1 Å². The molecule has 0 aliphatic rings. The predicted octanol–water partition coefficient (Wildman–Crippen LogP) is 2.72. The van der Waals surface area contributed by atoms with Crippen LogP contribution in [0.5, 0.6) is 0 Å². The fourth-order valence-electron chi connectivity index (χ4n) is 2.69. The van der Waals surface area contributed by atoms with Crippen LogP contribution >= 0.6 is 0 Å². The van der Waals surface area contributed by atoms with E-state index in [-0.39, 0.29) is 5.91 Å². The Hall–Kier alpha value is -2.42. The number of hydrogen-bond acceptors (Lipinski definition) is 1. The van der Waals surface area contributed by atoms with E-state index in [9.17, 15) is 4.79 Å². The van der Waals surface area contributed by atoms with E-state index in [4.69, 9.17) is 0 Å². The van der Waals surface area contributed by atoms with Crippen LogP contribution in [0, 0.1) is 0 Å². The first-order valence-corrected chi connectivity index (χ1v) is 6.71. The maximum atomic E-state index is 12.0. The van der Waals surface area contributed by atoms with Crippen molar-refractivity contribution in [2.75, 3.05) is 0 Å². The maximum Gasteiger partial charge on any atom is 0.311 e. The second kappa shape index (κ2) is 4.93. The molecular formula is C17H17N2O+. The van der Waals surface area contributed by atoms with E-state index in [1.807, 2.05) is 54.1 Å². The second-order valence-corrected chi connectivity index (χ2v) is 4.98. The van der Waals surface area contributed by atoms with Crippen LogP contribution < -0.4 is 4.57 Å². The van der Waals surface area contributed by atoms with Crippen molar-refractivity contribution < 1.29 is 9.36 Å². The summed E-state index contributed by atoms with van der Waals surface area (Å²) in [7, 11) is 2.01. The molecule has 3 nitrogen and oxygen atoms in total. The van der Waals surface area contributed by atoms with Crippen molar-refractivity contribution in [2.45, 2.75) is 13.3 Å². The molecule has 2 aromatic carbocycles. The van der Waals surface area contributed by atoms with E-state index in [0.29, 0.717) is 0 Å². The molecule has 1 heterocycles. The number of benzene rings is 2. The van der Waals surface area contributed by atoms with Crippen LogP contribution in [0.15, 0.2) is 54.6 Å². The highest BCUT2D eigenvalue weighted by atomic mass is 16.1. The van der Waals surface area contributed by atoms with Gasteiger partial charge in [0.15, 0.2) is 11.0 Å². The number of nitrogens with zero attached hydrogens (tertiary/aromatic N) is 2. The van der Waals surface area contributed by atoms with Crippen molar-refractivity contribution in [1.82, 2.24) is 4.57 Å². The quantitative estimate of drug-likeness (QED) is 0.654.